The molecule has 3 rings (SSSR count). The highest BCUT2D eigenvalue weighted by atomic mass is 16.5. The number of nitrogens with zero attached hydrogens (tertiary/aromatic N) is 3. The Kier molecular flexibility index (Phi) is 6.70. The lowest BCUT2D eigenvalue weighted by Crippen LogP contribution is -2.15. The molecule has 0 spiro atoms. The molecule has 0 aliphatic heterocycles. The second-order valence-corrected chi connectivity index (χ2v) is 8.51. The second-order valence-electron chi connectivity index (χ2n) is 8.51. The third-order valence-corrected chi connectivity index (χ3v) is 5.13. The van der Waals surface area contributed by atoms with Crippen molar-refractivity contribution in [2.24, 2.45) is 0 Å². The van der Waals surface area contributed by atoms with Crippen LogP contribution in [0.15, 0.2) is 48.5 Å². The average molecular weight is 406 g/mol. The van der Waals surface area contributed by atoms with Crippen LogP contribution in [0.25, 0.3) is 11.4 Å². The van der Waals surface area contributed by atoms with Crippen LogP contribution in [0.5, 0.6) is 6.01 Å². The molecule has 0 fully saturated rings. The van der Waals surface area contributed by atoms with Gasteiger partial charge >= 0.3 is 6.01 Å². The lowest BCUT2D eigenvalue weighted by molar-refractivity contribution is 0.0944. The Labute approximate surface area is 179 Å². The predicted molar refractivity (Wildman–Crippen MR) is 120 cm³/mol. The quantitative estimate of drug-likeness (QED) is 0.475. The molecule has 0 aliphatic rings. The van der Waals surface area contributed by atoms with E-state index < -0.39 is 0 Å². The van der Waals surface area contributed by atoms with E-state index in [1.807, 2.05) is 36.4 Å². The van der Waals surface area contributed by atoms with Gasteiger partial charge in [-0.05, 0) is 41.5 Å². The topological polar surface area (TPSA) is 57.0 Å². The van der Waals surface area contributed by atoms with E-state index in [9.17, 15) is 4.79 Å². The Balaban J connectivity index is 1.98. The average Bonchev–Trinajstić information content (AvgIpc) is 3.17. The van der Waals surface area contributed by atoms with Crippen LogP contribution >= 0.6 is 0 Å². The first-order valence-corrected chi connectivity index (χ1v) is 10.7. The van der Waals surface area contributed by atoms with Crippen molar-refractivity contribution in [2.75, 3.05) is 6.61 Å². The van der Waals surface area contributed by atoms with E-state index in [2.05, 4.69) is 56.8 Å². The first-order chi connectivity index (χ1) is 14.3. The van der Waals surface area contributed by atoms with Gasteiger partial charge in [0.05, 0.1) is 6.61 Å². The molecule has 0 saturated carbocycles. The zero-order valence-electron chi connectivity index (χ0n) is 18.6. The maximum Gasteiger partial charge on any atom is 0.336 e. The molecule has 158 valence electrons. The summed E-state index contributed by atoms with van der Waals surface area (Å²) in [6.07, 6.45) is 2.86. The number of aryl methyl sites for hydroxylation is 1. The van der Waals surface area contributed by atoms with Gasteiger partial charge < -0.3 is 4.74 Å². The SMILES string of the molecule is CCCCOc1nc(-c2ccc(C(C)(C)C)cc2)n(C(=O)c2ccc(CC)cc2)n1. The summed E-state index contributed by atoms with van der Waals surface area (Å²) in [6, 6.07) is 16.0. The van der Waals surface area contributed by atoms with Crippen LogP contribution < -0.4 is 4.74 Å². The van der Waals surface area contributed by atoms with E-state index in [-0.39, 0.29) is 17.3 Å². The van der Waals surface area contributed by atoms with Gasteiger partial charge in [0, 0.05) is 11.1 Å². The molecule has 2 aromatic carbocycles. The molecule has 5 heteroatoms. The Hall–Kier alpha value is -2.95. The van der Waals surface area contributed by atoms with Crippen molar-refractivity contribution in [3.8, 4) is 17.4 Å². The molecule has 30 heavy (non-hydrogen) atoms. The summed E-state index contributed by atoms with van der Waals surface area (Å²) < 4.78 is 7.05. The number of carbonyl (C=O) groups is 1. The summed E-state index contributed by atoms with van der Waals surface area (Å²) in [5.41, 5.74) is 3.87. The summed E-state index contributed by atoms with van der Waals surface area (Å²) in [5, 5.41) is 4.38. The maximum atomic E-state index is 13.2. The molecule has 0 amide bonds. The fourth-order valence-corrected chi connectivity index (χ4v) is 3.12. The molecule has 0 N–H and O–H groups in total. The summed E-state index contributed by atoms with van der Waals surface area (Å²) in [4.78, 5) is 17.7. The van der Waals surface area contributed by atoms with Crippen molar-refractivity contribution in [3.63, 3.8) is 0 Å². The Morgan fingerprint density at radius 1 is 1.00 bits per heavy atom. The van der Waals surface area contributed by atoms with Crippen LogP contribution in [0.1, 0.15) is 68.9 Å². The van der Waals surface area contributed by atoms with Crippen molar-refractivity contribution >= 4 is 5.91 Å². The fourth-order valence-electron chi connectivity index (χ4n) is 3.12. The van der Waals surface area contributed by atoms with E-state index in [1.54, 1.807) is 0 Å². The number of aromatic nitrogens is 3. The monoisotopic (exact) mass is 405 g/mol. The van der Waals surface area contributed by atoms with Gasteiger partial charge in [-0.2, -0.15) is 9.67 Å². The highest BCUT2D eigenvalue weighted by molar-refractivity contribution is 5.97. The molecule has 1 heterocycles. The molecule has 3 aromatic rings. The van der Waals surface area contributed by atoms with Gasteiger partial charge in [0.15, 0.2) is 5.82 Å². The Bertz CT molecular complexity index is 981. The maximum absolute atomic E-state index is 13.2. The third kappa shape index (κ3) is 4.96. The van der Waals surface area contributed by atoms with Crippen molar-refractivity contribution < 1.29 is 9.53 Å². The first kappa shape index (κ1) is 21.8. The lowest BCUT2D eigenvalue weighted by atomic mass is 9.87. The van der Waals surface area contributed by atoms with E-state index in [1.165, 1.54) is 15.8 Å². The van der Waals surface area contributed by atoms with Crippen LogP contribution in [-0.4, -0.2) is 27.3 Å². The van der Waals surface area contributed by atoms with E-state index in [0.717, 1.165) is 24.8 Å². The van der Waals surface area contributed by atoms with Crippen LogP contribution in [0.2, 0.25) is 0 Å². The Morgan fingerprint density at radius 3 is 2.23 bits per heavy atom. The van der Waals surface area contributed by atoms with Crippen molar-refractivity contribution in [3.05, 3.63) is 65.2 Å². The molecule has 0 bridgehead atoms. The molecule has 1 aromatic heterocycles. The molecule has 0 aliphatic carbocycles. The minimum atomic E-state index is -0.217. The number of hydrogen-bond acceptors (Lipinski definition) is 4. The van der Waals surface area contributed by atoms with Gasteiger partial charge in [-0.1, -0.05) is 77.4 Å². The van der Waals surface area contributed by atoms with Gasteiger partial charge in [-0.25, -0.2) is 0 Å². The van der Waals surface area contributed by atoms with E-state index >= 15 is 0 Å². The van der Waals surface area contributed by atoms with Crippen LogP contribution in [0.4, 0.5) is 0 Å². The van der Waals surface area contributed by atoms with Gasteiger partial charge in [-0.15, -0.1) is 5.10 Å². The minimum absolute atomic E-state index is 0.0530. The molecule has 0 unspecified atom stereocenters. The van der Waals surface area contributed by atoms with Crippen LogP contribution in [0, 0.1) is 0 Å². The smallest absolute Gasteiger partial charge is 0.336 e. The normalized spacial score (nSPS) is 11.5. The molecule has 0 radical (unpaired) electrons. The zero-order valence-corrected chi connectivity index (χ0v) is 18.6. The second kappa shape index (κ2) is 9.24. The summed E-state index contributed by atoms with van der Waals surface area (Å²) in [5.74, 6) is 0.275. The van der Waals surface area contributed by atoms with Crippen LogP contribution in [0.3, 0.4) is 0 Å². The van der Waals surface area contributed by atoms with Crippen LogP contribution in [-0.2, 0) is 11.8 Å². The standard InChI is InChI=1S/C25H31N3O2/c1-6-8-17-30-24-26-22(19-13-15-21(16-14-19)25(3,4)5)28(27-24)23(29)20-11-9-18(7-2)10-12-20/h9-16H,6-8,17H2,1-5H3. The third-order valence-electron chi connectivity index (χ3n) is 5.13. The van der Waals surface area contributed by atoms with Gasteiger partial charge in [0.2, 0.25) is 0 Å². The highest BCUT2D eigenvalue weighted by Gasteiger charge is 2.21. The number of ether oxygens (including phenoxy) is 1. The van der Waals surface area contributed by atoms with E-state index in [0.29, 0.717) is 18.0 Å². The molecule has 0 saturated heterocycles. The molecular formula is C25H31N3O2. The summed E-state index contributed by atoms with van der Waals surface area (Å²) in [7, 11) is 0. The number of rotatable bonds is 7. The fraction of sp³-hybridized carbons (Fsp3) is 0.400. The number of benzene rings is 2. The largest absolute Gasteiger partial charge is 0.462 e. The minimum Gasteiger partial charge on any atom is -0.462 e. The first-order valence-electron chi connectivity index (χ1n) is 10.7. The lowest BCUT2D eigenvalue weighted by Gasteiger charge is -2.19. The van der Waals surface area contributed by atoms with Gasteiger partial charge in [0.1, 0.15) is 0 Å². The molecule has 0 atom stereocenters. The number of hydrogen-bond donors (Lipinski definition) is 0. The van der Waals surface area contributed by atoms with Crippen molar-refractivity contribution in [2.45, 2.75) is 59.3 Å². The zero-order chi connectivity index (χ0) is 21.7. The number of unbranched alkanes of at least 4 members (excludes halogenated alkanes) is 1. The summed E-state index contributed by atoms with van der Waals surface area (Å²) >= 11 is 0. The van der Waals surface area contributed by atoms with Gasteiger partial charge in [-0.3, -0.25) is 4.79 Å². The highest BCUT2D eigenvalue weighted by Crippen LogP contribution is 2.27. The van der Waals surface area contributed by atoms with E-state index in [4.69, 9.17) is 4.74 Å². The predicted octanol–water partition coefficient (Wildman–Crippen LogP) is 5.67. The van der Waals surface area contributed by atoms with Gasteiger partial charge in [0.25, 0.3) is 5.91 Å². The number of carbonyl (C=O) groups excluding carboxylic acids is 1. The Morgan fingerprint density at radius 2 is 1.67 bits per heavy atom. The van der Waals surface area contributed by atoms with Crippen molar-refractivity contribution in [1.82, 2.24) is 14.8 Å². The van der Waals surface area contributed by atoms with Crippen molar-refractivity contribution in [1.29, 1.82) is 0 Å². The summed E-state index contributed by atoms with van der Waals surface area (Å²) in [6.45, 7) is 11.2. The molecular weight excluding hydrogens is 374 g/mol. The molecule has 5 nitrogen and oxygen atoms in total.